The minimum Gasteiger partial charge on any atom is -0.413 e. The van der Waals surface area contributed by atoms with Gasteiger partial charge in [0.15, 0.2) is 14.1 Å². The SMILES string of the molecule is C[C@@H]([C@@H]1OC(C)(C)OC[C@H]1C)[C@H](CCO)O[Si](C)(C)C(C)(C)C. The van der Waals surface area contributed by atoms with Crippen molar-refractivity contribution >= 4 is 8.32 Å². The lowest BCUT2D eigenvalue weighted by Crippen LogP contribution is -2.52. The van der Waals surface area contributed by atoms with E-state index in [4.69, 9.17) is 13.9 Å². The van der Waals surface area contributed by atoms with E-state index < -0.39 is 14.1 Å². The molecule has 4 atom stereocenters. The van der Waals surface area contributed by atoms with Crippen LogP contribution < -0.4 is 0 Å². The molecule has 0 aromatic carbocycles. The molecule has 1 aliphatic heterocycles. The molecule has 1 N–H and O–H groups in total. The molecule has 1 rings (SSSR count). The van der Waals surface area contributed by atoms with Gasteiger partial charge in [-0.1, -0.05) is 34.6 Å². The Morgan fingerprint density at radius 1 is 1.30 bits per heavy atom. The fourth-order valence-electron chi connectivity index (χ4n) is 2.85. The summed E-state index contributed by atoms with van der Waals surface area (Å²) in [6.45, 7) is 20.4. The van der Waals surface area contributed by atoms with Gasteiger partial charge in [-0.05, 0) is 38.4 Å². The summed E-state index contributed by atoms with van der Waals surface area (Å²) in [7, 11) is -1.89. The first-order valence-corrected chi connectivity index (χ1v) is 11.8. The van der Waals surface area contributed by atoms with Crippen LogP contribution in [0.1, 0.15) is 54.9 Å². The lowest BCUT2D eigenvalue weighted by atomic mass is 9.87. The molecule has 0 radical (unpaired) electrons. The lowest BCUT2D eigenvalue weighted by Gasteiger charge is -2.46. The molecular weight excluding hydrogens is 308 g/mol. The standard InChI is InChI=1S/C18H38O4Si/c1-13-12-20-18(6,7)21-16(13)14(2)15(10-11-19)22-23(8,9)17(3,4)5/h13-16,19H,10-12H2,1-9H3/t13-,14-,15+,16-/m1/s1. The van der Waals surface area contributed by atoms with Crippen LogP contribution in [0.5, 0.6) is 0 Å². The van der Waals surface area contributed by atoms with E-state index in [0.717, 1.165) is 0 Å². The molecule has 4 nitrogen and oxygen atoms in total. The molecule has 1 saturated heterocycles. The third kappa shape index (κ3) is 5.53. The number of ether oxygens (including phenoxy) is 2. The first-order valence-electron chi connectivity index (χ1n) is 8.91. The summed E-state index contributed by atoms with van der Waals surface area (Å²) in [6, 6.07) is 0. The Balaban J connectivity index is 2.91. The Labute approximate surface area is 144 Å². The normalized spacial score (nSPS) is 28.4. The highest BCUT2D eigenvalue weighted by atomic mass is 28.4. The molecule has 0 spiro atoms. The molecule has 0 aliphatic carbocycles. The van der Waals surface area contributed by atoms with Gasteiger partial charge in [0.25, 0.3) is 0 Å². The van der Waals surface area contributed by atoms with E-state index in [1.54, 1.807) is 0 Å². The van der Waals surface area contributed by atoms with Crippen molar-refractivity contribution in [2.24, 2.45) is 11.8 Å². The summed E-state index contributed by atoms with van der Waals surface area (Å²) in [5.41, 5.74) is 0. The molecule has 1 aliphatic rings. The second-order valence-electron chi connectivity index (χ2n) is 9.06. The van der Waals surface area contributed by atoms with Crippen molar-refractivity contribution < 1.29 is 19.0 Å². The molecule has 0 saturated carbocycles. The van der Waals surface area contributed by atoms with Gasteiger partial charge in [0.1, 0.15) is 0 Å². The predicted octanol–water partition coefficient (Wildman–Crippen LogP) is 4.18. The zero-order chi connectivity index (χ0) is 18.1. The first kappa shape index (κ1) is 21.1. The fraction of sp³-hybridized carbons (Fsp3) is 1.00. The van der Waals surface area contributed by atoms with Crippen LogP contribution in [0.15, 0.2) is 0 Å². The molecule has 0 amide bonds. The van der Waals surface area contributed by atoms with Crippen molar-refractivity contribution in [2.45, 2.75) is 91.0 Å². The van der Waals surface area contributed by atoms with Crippen LogP contribution in [0.2, 0.25) is 18.1 Å². The van der Waals surface area contributed by atoms with E-state index in [-0.39, 0.29) is 29.8 Å². The molecule has 23 heavy (non-hydrogen) atoms. The van der Waals surface area contributed by atoms with Crippen LogP contribution >= 0.6 is 0 Å². The van der Waals surface area contributed by atoms with Gasteiger partial charge < -0.3 is 19.0 Å². The molecule has 1 heterocycles. The number of hydrogen-bond donors (Lipinski definition) is 1. The zero-order valence-corrected chi connectivity index (χ0v) is 17.6. The molecule has 0 aromatic heterocycles. The van der Waals surface area contributed by atoms with Crippen LogP contribution in [0.4, 0.5) is 0 Å². The quantitative estimate of drug-likeness (QED) is 0.733. The van der Waals surface area contributed by atoms with E-state index in [0.29, 0.717) is 18.9 Å². The van der Waals surface area contributed by atoms with Crippen molar-refractivity contribution in [3.8, 4) is 0 Å². The van der Waals surface area contributed by atoms with Crippen LogP contribution in [-0.2, 0) is 13.9 Å². The Morgan fingerprint density at radius 3 is 2.35 bits per heavy atom. The van der Waals surface area contributed by atoms with Crippen LogP contribution in [0, 0.1) is 11.8 Å². The van der Waals surface area contributed by atoms with E-state index in [1.807, 2.05) is 13.8 Å². The molecule has 0 unspecified atom stereocenters. The van der Waals surface area contributed by atoms with Gasteiger partial charge in [-0.25, -0.2) is 0 Å². The topological polar surface area (TPSA) is 47.9 Å². The maximum atomic E-state index is 9.52. The van der Waals surface area contributed by atoms with Crippen LogP contribution in [0.3, 0.4) is 0 Å². The third-order valence-corrected chi connectivity index (χ3v) is 9.95. The van der Waals surface area contributed by atoms with Crippen molar-refractivity contribution in [3.63, 3.8) is 0 Å². The number of aliphatic hydroxyl groups is 1. The Bertz CT molecular complexity index is 376. The molecule has 0 aromatic rings. The molecule has 138 valence electrons. The van der Waals surface area contributed by atoms with E-state index in [9.17, 15) is 5.11 Å². The highest BCUT2D eigenvalue weighted by Gasteiger charge is 2.44. The van der Waals surface area contributed by atoms with Gasteiger partial charge in [-0.3, -0.25) is 0 Å². The Hall–Kier alpha value is 0.0569. The first-order chi connectivity index (χ1) is 10.3. The van der Waals surface area contributed by atoms with Crippen molar-refractivity contribution in [3.05, 3.63) is 0 Å². The number of rotatable bonds is 6. The minimum absolute atomic E-state index is 0.0160. The summed E-state index contributed by atoms with van der Waals surface area (Å²) in [4.78, 5) is 0. The second-order valence-corrected chi connectivity index (χ2v) is 13.8. The zero-order valence-electron chi connectivity index (χ0n) is 16.6. The van der Waals surface area contributed by atoms with E-state index in [2.05, 4.69) is 47.7 Å². The van der Waals surface area contributed by atoms with Gasteiger partial charge in [0.2, 0.25) is 0 Å². The van der Waals surface area contributed by atoms with E-state index >= 15 is 0 Å². The molecule has 1 fully saturated rings. The van der Waals surface area contributed by atoms with Crippen LogP contribution in [-0.4, -0.2) is 44.6 Å². The molecule has 0 bridgehead atoms. The summed E-state index contributed by atoms with van der Waals surface area (Å²) in [5.74, 6) is -0.0108. The maximum absolute atomic E-state index is 9.52. The largest absolute Gasteiger partial charge is 0.413 e. The second kappa shape index (κ2) is 7.52. The maximum Gasteiger partial charge on any atom is 0.192 e. The van der Waals surface area contributed by atoms with Gasteiger partial charge in [0, 0.05) is 18.4 Å². The predicted molar refractivity (Wildman–Crippen MR) is 97.0 cm³/mol. The van der Waals surface area contributed by atoms with Gasteiger partial charge in [-0.15, -0.1) is 0 Å². The highest BCUT2D eigenvalue weighted by molar-refractivity contribution is 6.74. The monoisotopic (exact) mass is 346 g/mol. The number of hydrogen-bond acceptors (Lipinski definition) is 4. The molecule has 5 heteroatoms. The summed E-state index contributed by atoms with van der Waals surface area (Å²) in [5, 5.41) is 9.68. The van der Waals surface area contributed by atoms with E-state index in [1.165, 1.54) is 0 Å². The highest BCUT2D eigenvalue weighted by Crippen LogP contribution is 2.40. The third-order valence-electron chi connectivity index (χ3n) is 5.45. The van der Waals surface area contributed by atoms with Gasteiger partial charge in [-0.2, -0.15) is 0 Å². The smallest absolute Gasteiger partial charge is 0.192 e. The average molecular weight is 347 g/mol. The molecular formula is C18H38O4Si. The van der Waals surface area contributed by atoms with Crippen molar-refractivity contribution in [2.75, 3.05) is 13.2 Å². The lowest BCUT2D eigenvalue weighted by molar-refractivity contribution is -0.303. The Morgan fingerprint density at radius 2 is 1.87 bits per heavy atom. The van der Waals surface area contributed by atoms with Crippen LogP contribution in [0.25, 0.3) is 0 Å². The van der Waals surface area contributed by atoms with Crippen molar-refractivity contribution in [1.29, 1.82) is 0 Å². The average Bonchev–Trinajstić information content (AvgIpc) is 2.39. The van der Waals surface area contributed by atoms with Gasteiger partial charge >= 0.3 is 0 Å². The summed E-state index contributed by atoms with van der Waals surface area (Å²) < 4.78 is 18.6. The minimum atomic E-state index is -1.89. The van der Waals surface area contributed by atoms with Crippen molar-refractivity contribution in [1.82, 2.24) is 0 Å². The summed E-state index contributed by atoms with van der Waals surface area (Å²) >= 11 is 0. The fourth-order valence-corrected chi connectivity index (χ4v) is 4.30. The summed E-state index contributed by atoms with van der Waals surface area (Å²) in [6.07, 6.45) is 0.754. The Kier molecular flexibility index (Phi) is 6.90. The number of aliphatic hydroxyl groups excluding tert-OH is 1. The van der Waals surface area contributed by atoms with Gasteiger partial charge in [0.05, 0.1) is 18.8 Å².